The molecule has 3 atom stereocenters. The van der Waals surface area contributed by atoms with Crippen LogP contribution < -0.4 is 5.73 Å². The molecule has 0 aromatic heterocycles. The molecule has 0 spiro atoms. The van der Waals surface area contributed by atoms with Crippen molar-refractivity contribution >= 4 is 17.2 Å². The van der Waals surface area contributed by atoms with Gasteiger partial charge in [0.1, 0.15) is 0 Å². The summed E-state index contributed by atoms with van der Waals surface area (Å²) in [6.07, 6.45) is 6.36. The second-order valence-electron chi connectivity index (χ2n) is 4.56. The number of rotatable bonds is 2. The molecule has 2 saturated heterocycles. The number of thiocarbonyl (C=S) groups is 1. The van der Waals surface area contributed by atoms with Gasteiger partial charge in [0.2, 0.25) is 0 Å². The van der Waals surface area contributed by atoms with Gasteiger partial charge in [0.05, 0.1) is 4.99 Å². The van der Waals surface area contributed by atoms with Crippen molar-refractivity contribution in [1.82, 2.24) is 4.90 Å². The summed E-state index contributed by atoms with van der Waals surface area (Å²) >= 11 is 4.97. The van der Waals surface area contributed by atoms with Crippen LogP contribution in [0.3, 0.4) is 0 Å². The highest BCUT2D eigenvalue weighted by Crippen LogP contribution is 2.38. The minimum Gasteiger partial charge on any atom is -0.393 e. The fourth-order valence-electron chi connectivity index (χ4n) is 2.98. The Labute approximate surface area is 85.5 Å². The van der Waals surface area contributed by atoms with Crippen LogP contribution in [0.25, 0.3) is 0 Å². The number of nitrogens with two attached hydrogens (primary N) is 1. The standard InChI is InChI=1S/C10H18N2S/c1-12-8-2-3-9(12)5-7(4-8)6-10(11)13/h7-9H,2-6H2,1H3,(H2,11,13)/t7?,8-,9+. The topological polar surface area (TPSA) is 29.3 Å². The molecule has 0 amide bonds. The quantitative estimate of drug-likeness (QED) is 0.682. The van der Waals surface area contributed by atoms with Gasteiger partial charge in [0.25, 0.3) is 0 Å². The number of nitrogens with zero attached hydrogens (tertiary/aromatic N) is 1. The van der Waals surface area contributed by atoms with Crippen LogP contribution in [0.5, 0.6) is 0 Å². The molecule has 0 aliphatic carbocycles. The van der Waals surface area contributed by atoms with Gasteiger partial charge >= 0.3 is 0 Å². The summed E-state index contributed by atoms with van der Waals surface area (Å²) in [4.78, 5) is 3.25. The van der Waals surface area contributed by atoms with Gasteiger partial charge in [-0.2, -0.15) is 0 Å². The van der Waals surface area contributed by atoms with Crippen molar-refractivity contribution in [3.05, 3.63) is 0 Å². The Morgan fingerprint density at radius 1 is 1.38 bits per heavy atom. The van der Waals surface area contributed by atoms with Gasteiger partial charge in [0, 0.05) is 18.5 Å². The second-order valence-corrected chi connectivity index (χ2v) is 5.08. The molecule has 2 rings (SSSR count). The molecule has 0 aromatic carbocycles. The summed E-state index contributed by atoms with van der Waals surface area (Å²) in [6.45, 7) is 0. The first-order valence-electron chi connectivity index (χ1n) is 5.17. The van der Waals surface area contributed by atoms with Crippen LogP contribution >= 0.6 is 12.2 Å². The van der Waals surface area contributed by atoms with E-state index in [-0.39, 0.29) is 0 Å². The highest BCUT2D eigenvalue weighted by molar-refractivity contribution is 7.80. The molecule has 74 valence electrons. The van der Waals surface area contributed by atoms with Crippen LogP contribution in [0.4, 0.5) is 0 Å². The third-order valence-electron chi connectivity index (χ3n) is 3.69. The molecular weight excluding hydrogens is 180 g/mol. The van der Waals surface area contributed by atoms with Crippen LogP contribution in [0, 0.1) is 5.92 Å². The first-order valence-corrected chi connectivity index (χ1v) is 5.58. The molecule has 2 nitrogen and oxygen atoms in total. The van der Waals surface area contributed by atoms with Crippen LogP contribution in [-0.2, 0) is 0 Å². The molecule has 2 aliphatic heterocycles. The van der Waals surface area contributed by atoms with Crippen LogP contribution in [0.15, 0.2) is 0 Å². The summed E-state index contributed by atoms with van der Waals surface area (Å²) in [5.74, 6) is 0.770. The number of hydrogen-bond acceptors (Lipinski definition) is 2. The van der Waals surface area contributed by atoms with E-state index in [4.69, 9.17) is 18.0 Å². The Kier molecular flexibility index (Phi) is 2.56. The lowest BCUT2D eigenvalue weighted by molar-refractivity contribution is 0.137. The maximum Gasteiger partial charge on any atom is 0.0730 e. The zero-order valence-corrected chi connectivity index (χ0v) is 9.02. The minimum absolute atomic E-state index is 0.703. The summed E-state index contributed by atoms with van der Waals surface area (Å²) in [5.41, 5.74) is 5.59. The Morgan fingerprint density at radius 2 is 1.92 bits per heavy atom. The van der Waals surface area contributed by atoms with Crippen molar-refractivity contribution in [1.29, 1.82) is 0 Å². The third kappa shape index (κ3) is 1.86. The van der Waals surface area contributed by atoms with E-state index in [1.165, 1.54) is 25.7 Å². The highest BCUT2D eigenvalue weighted by Gasteiger charge is 2.38. The predicted molar refractivity (Wildman–Crippen MR) is 58.7 cm³/mol. The Balaban J connectivity index is 1.95. The van der Waals surface area contributed by atoms with E-state index in [9.17, 15) is 0 Å². The van der Waals surface area contributed by atoms with Gasteiger partial charge in [-0.05, 0) is 38.6 Å². The Hall–Kier alpha value is -0.150. The van der Waals surface area contributed by atoms with Gasteiger partial charge < -0.3 is 10.6 Å². The lowest BCUT2D eigenvalue weighted by Gasteiger charge is -2.36. The van der Waals surface area contributed by atoms with Gasteiger partial charge in [0.15, 0.2) is 0 Å². The predicted octanol–water partition coefficient (Wildman–Crippen LogP) is 1.54. The van der Waals surface area contributed by atoms with E-state index in [2.05, 4.69) is 11.9 Å². The summed E-state index contributed by atoms with van der Waals surface area (Å²) in [7, 11) is 2.26. The zero-order valence-electron chi connectivity index (χ0n) is 8.20. The number of piperidine rings is 1. The molecule has 2 fully saturated rings. The largest absolute Gasteiger partial charge is 0.393 e. The maximum absolute atomic E-state index is 5.59. The van der Waals surface area contributed by atoms with Crippen molar-refractivity contribution in [2.45, 2.75) is 44.2 Å². The summed E-state index contributed by atoms with van der Waals surface area (Å²) < 4.78 is 0. The van der Waals surface area contributed by atoms with Crippen molar-refractivity contribution in [2.75, 3.05) is 7.05 Å². The smallest absolute Gasteiger partial charge is 0.0730 e. The normalized spacial score (nSPS) is 39.3. The van der Waals surface area contributed by atoms with E-state index < -0.39 is 0 Å². The lowest BCUT2D eigenvalue weighted by atomic mass is 9.88. The first kappa shape index (κ1) is 9.41. The van der Waals surface area contributed by atoms with E-state index >= 15 is 0 Å². The molecule has 0 aromatic rings. The SMILES string of the molecule is CN1[C@@H]2CC[C@H]1CC(CC(N)=S)C2. The van der Waals surface area contributed by atoms with Crippen LogP contribution in [0.1, 0.15) is 32.1 Å². The number of hydrogen-bond donors (Lipinski definition) is 1. The fraction of sp³-hybridized carbons (Fsp3) is 0.900. The van der Waals surface area contributed by atoms with Crippen LogP contribution in [0.2, 0.25) is 0 Å². The molecule has 13 heavy (non-hydrogen) atoms. The molecule has 3 heteroatoms. The number of fused-ring (bicyclic) bond motifs is 2. The molecule has 2 aliphatic rings. The average Bonchev–Trinajstić information content (AvgIpc) is 2.33. The van der Waals surface area contributed by atoms with E-state index in [0.29, 0.717) is 4.99 Å². The molecule has 2 bridgehead atoms. The molecule has 2 N–H and O–H groups in total. The molecule has 0 radical (unpaired) electrons. The average molecular weight is 198 g/mol. The maximum atomic E-state index is 5.59. The van der Waals surface area contributed by atoms with Crippen molar-refractivity contribution in [2.24, 2.45) is 11.7 Å². The zero-order chi connectivity index (χ0) is 9.42. The van der Waals surface area contributed by atoms with E-state index in [1.54, 1.807) is 0 Å². The lowest BCUT2D eigenvalue weighted by Crippen LogP contribution is -2.40. The Morgan fingerprint density at radius 3 is 2.38 bits per heavy atom. The fourth-order valence-corrected chi connectivity index (χ4v) is 3.21. The molecule has 0 saturated carbocycles. The molecule has 1 unspecified atom stereocenters. The van der Waals surface area contributed by atoms with Gasteiger partial charge in [-0.25, -0.2) is 0 Å². The Bertz CT molecular complexity index is 203. The van der Waals surface area contributed by atoms with Gasteiger partial charge in [-0.1, -0.05) is 12.2 Å². The summed E-state index contributed by atoms with van der Waals surface area (Å²) in [5, 5.41) is 0. The highest BCUT2D eigenvalue weighted by atomic mass is 32.1. The van der Waals surface area contributed by atoms with Gasteiger partial charge in [-0.15, -0.1) is 0 Å². The van der Waals surface area contributed by atoms with Crippen molar-refractivity contribution < 1.29 is 0 Å². The van der Waals surface area contributed by atoms with Gasteiger partial charge in [-0.3, -0.25) is 0 Å². The minimum atomic E-state index is 0.703. The monoisotopic (exact) mass is 198 g/mol. The van der Waals surface area contributed by atoms with E-state index in [0.717, 1.165) is 24.4 Å². The first-order chi connectivity index (χ1) is 6.16. The second kappa shape index (κ2) is 3.54. The summed E-state index contributed by atoms with van der Waals surface area (Å²) in [6, 6.07) is 1.64. The third-order valence-corrected chi connectivity index (χ3v) is 3.85. The molecule has 2 heterocycles. The van der Waals surface area contributed by atoms with Crippen molar-refractivity contribution in [3.8, 4) is 0 Å². The van der Waals surface area contributed by atoms with Crippen molar-refractivity contribution in [3.63, 3.8) is 0 Å². The molecular formula is C10H18N2S. The van der Waals surface area contributed by atoms with Crippen LogP contribution in [-0.4, -0.2) is 29.0 Å². The van der Waals surface area contributed by atoms with E-state index in [1.807, 2.05) is 0 Å².